The molecule has 2 N–H and O–H groups in total. The summed E-state index contributed by atoms with van der Waals surface area (Å²) in [5.41, 5.74) is 0.561. The number of hydrogen-bond donors (Lipinski definition) is 2. The third-order valence-corrected chi connectivity index (χ3v) is 4.13. The number of aromatic hydroxyl groups is 2. The maximum absolute atomic E-state index is 11.9. The third-order valence-electron chi connectivity index (χ3n) is 4.13. The van der Waals surface area contributed by atoms with Crippen molar-refractivity contribution < 1.29 is 24.2 Å². The fraction of sp³-hybridized carbons (Fsp3) is 0.111. The number of furan rings is 1. The fourth-order valence-corrected chi connectivity index (χ4v) is 2.96. The standard InChI is InChI=1S/C18H13NO5/c20-13-8-9-14(21)19(13)18-16(23)15(22)17(24-18)12-7-3-5-10-4-1-2-6-11(10)12/h1-7,22-23H,8-9H2. The zero-order valence-electron chi connectivity index (χ0n) is 12.5. The van der Waals surface area contributed by atoms with Crippen LogP contribution in [-0.4, -0.2) is 22.0 Å². The summed E-state index contributed by atoms with van der Waals surface area (Å²) in [6.07, 6.45) is 0.118. The third kappa shape index (κ3) is 1.96. The van der Waals surface area contributed by atoms with Gasteiger partial charge in [-0.25, -0.2) is 4.90 Å². The number of rotatable bonds is 2. The Kier molecular flexibility index (Phi) is 3.06. The normalized spacial score (nSPS) is 14.8. The molecule has 2 amide bonds. The Labute approximate surface area is 136 Å². The van der Waals surface area contributed by atoms with E-state index in [4.69, 9.17) is 4.42 Å². The Bertz CT molecular complexity index is 967. The summed E-state index contributed by atoms with van der Waals surface area (Å²) >= 11 is 0. The highest BCUT2D eigenvalue weighted by atomic mass is 16.4. The second kappa shape index (κ2) is 5.13. The quantitative estimate of drug-likeness (QED) is 0.707. The molecule has 2 aromatic carbocycles. The molecule has 0 atom stereocenters. The van der Waals surface area contributed by atoms with Gasteiger partial charge in [-0.1, -0.05) is 42.5 Å². The number of nitrogens with zero attached hydrogens (tertiary/aromatic N) is 1. The van der Waals surface area contributed by atoms with Crippen molar-refractivity contribution in [3.63, 3.8) is 0 Å². The van der Waals surface area contributed by atoms with Crippen molar-refractivity contribution in [1.29, 1.82) is 0 Å². The van der Waals surface area contributed by atoms with E-state index in [1.54, 1.807) is 12.1 Å². The van der Waals surface area contributed by atoms with Gasteiger partial charge in [-0.2, -0.15) is 0 Å². The van der Waals surface area contributed by atoms with Gasteiger partial charge in [-0.15, -0.1) is 0 Å². The molecule has 1 aromatic heterocycles. The van der Waals surface area contributed by atoms with E-state index in [-0.39, 0.29) is 24.5 Å². The fourth-order valence-electron chi connectivity index (χ4n) is 2.96. The molecule has 2 heterocycles. The van der Waals surface area contributed by atoms with Crippen LogP contribution in [0.5, 0.6) is 11.5 Å². The zero-order chi connectivity index (χ0) is 16.8. The van der Waals surface area contributed by atoms with Gasteiger partial charge in [0.2, 0.25) is 23.3 Å². The number of benzene rings is 2. The van der Waals surface area contributed by atoms with Gasteiger partial charge in [0.1, 0.15) is 0 Å². The van der Waals surface area contributed by atoms with Crippen molar-refractivity contribution in [3.05, 3.63) is 42.5 Å². The first-order valence-electron chi connectivity index (χ1n) is 7.46. The smallest absolute Gasteiger partial charge is 0.256 e. The predicted molar refractivity (Wildman–Crippen MR) is 86.7 cm³/mol. The van der Waals surface area contributed by atoms with E-state index >= 15 is 0 Å². The monoisotopic (exact) mass is 323 g/mol. The van der Waals surface area contributed by atoms with Crippen molar-refractivity contribution >= 4 is 28.5 Å². The van der Waals surface area contributed by atoms with Gasteiger partial charge in [0, 0.05) is 18.4 Å². The maximum Gasteiger partial charge on any atom is 0.256 e. The molecule has 6 nitrogen and oxygen atoms in total. The van der Waals surface area contributed by atoms with Gasteiger partial charge in [-0.05, 0) is 10.8 Å². The summed E-state index contributed by atoms with van der Waals surface area (Å²) in [6, 6.07) is 12.9. The molecule has 0 bridgehead atoms. The minimum absolute atomic E-state index is 0.0202. The van der Waals surface area contributed by atoms with Crippen LogP contribution in [0.1, 0.15) is 12.8 Å². The average Bonchev–Trinajstić information content (AvgIpc) is 3.07. The second-order valence-corrected chi connectivity index (χ2v) is 5.58. The topological polar surface area (TPSA) is 91.0 Å². The summed E-state index contributed by atoms with van der Waals surface area (Å²) in [6.45, 7) is 0. The van der Waals surface area contributed by atoms with E-state index in [0.717, 1.165) is 15.7 Å². The molecule has 1 aliphatic rings. The largest absolute Gasteiger partial charge is 0.502 e. The van der Waals surface area contributed by atoms with Gasteiger partial charge < -0.3 is 14.6 Å². The molecule has 0 spiro atoms. The van der Waals surface area contributed by atoms with E-state index in [0.29, 0.717) is 5.56 Å². The molecule has 1 aliphatic heterocycles. The lowest BCUT2D eigenvalue weighted by atomic mass is 10.0. The first-order chi connectivity index (χ1) is 11.6. The van der Waals surface area contributed by atoms with Crippen LogP contribution < -0.4 is 4.90 Å². The van der Waals surface area contributed by atoms with Crippen LogP contribution in [0.15, 0.2) is 46.9 Å². The minimum atomic E-state index is -0.610. The molecule has 0 aliphatic carbocycles. The van der Waals surface area contributed by atoms with Crippen molar-refractivity contribution in [3.8, 4) is 22.8 Å². The number of imide groups is 1. The molecular weight excluding hydrogens is 310 g/mol. The Hall–Kier alpha value is -3.28. The average molecular weight is 323 g/mol. The van der Waals surface area contributed by atoms with Crippen LogP contribution in [0.25, 0.3) is 22.1 Å². The Morgan fingerprint density at radius 2 is 1.54 bits per heavy atom. The molecule has 1 fully saturated rings. The van der Waals surface area contributed by atoms with Gasteiger partial charge in [0.15, 0.2) is 5.76 Å². The van der Waals surface area contributed by atoms with Crippen LogP contribution in [0.3, 0.4) is 0 Å². The van der Waals surface area contributed by atoms with Gasteiger partial charge in [0.25, 0.3) is 5.88 Å². The molecule has 6 heteroatoms. The van der Waals surface area contributed by atoms with Crippen LogP contribution in [0.2, 0.25) is 0 Å². The van der Waals surface area contributed by atoms with Crippen molar-refractivity contribution in [1.82, 2.24) is 0 Å². The Morgan fingerprint density at radius 3 is 2.29 bits per heavy atom. The molecule has 1 saturated heterocycles. The van der Waals surface area contributed by atoms with Gasteiger partial charge in [0.05, 0.1) is 0 Å². The molecule has 120 valence electrons. The van der Waals surface area contributed by atoms with Gasteiger partial charge in [-0.3, -0.25) is 9.59 Å². The number of anilines is 1. The lowest BCUT2D eigenvalue weighted by Gasteiger charge is -2.09. The van der Waals surface area contributed by atoms with Crippen molar-refractivity contribution in [2.45, 2.75) is 12.8 Å². The predicted octanol–water partition coefficient (Wildman–Crippen LogP) is 3.16. The molecule has 0 saturated carbocycles. The maximum atomic E-state index is 11.9. The van der Waals surface area contributed by atoms with Crippen LogP contribution in [0.4, 0.5) is 5.88 Å². The van der Waals surface area contributed by atoms with E-state index in [1.807, 2.05) is 30.3 Å². The second-order valence-electron chi connectivity index (χ2n) is 5.58. The zero-order valence-corrected chi connectivity index (χ0v) is 12.5. The number of carbonyl (C=O) groups excluding carboxylic acids is 2. The molecule has 3 aromatic rings. The SMILES string of the molecule is O=C1CCC(=O)N1c1oc(-c2cccc3ccccc23)c(O)c1O. The first kappa shape index (κ1) is 14.3. The Morgan fingerprint density at radius 1 is 0.875 bits per heavy atom. The lowest BCUT2D eigenvalue weighted by molar-refractivity contribution is -0.121. The van der Waals surface area contributed by atoms with Crippen molar-refractivity contribution in [2.75, 3.05) is 4.90 Å². The minimum Gasteiger partial charge on any atom is -0.502 e. The molecule has 4 rings (SSSR count). The summed E-state index contributed by atoms with van der Waals surface area (Å²) in [5.74, 6) is -2.34. The van der Waals surface area contributed by atoms with E-state index < -0.39 is 23.3 Å². The molecular formula is C18H13NO5. The lowest BCUT2D eigenvalue weighted by Crippen LogP contribution is -2.28. The van der Waals surface area contributed by atoms with E-state index in [2.05, 4.69) is 0 Å². The van der Waals surface area contributed by atoms with Crippen LogP contribution in [0, 0.1) is 0 Å². The number of amides is 2. The van der Waals surface area contributed by atoms with Crippen molar-refractivity contribution in [2.24, 2.45) is 0 Å². The molecule has 24 heavy (non-hydrogen) atoms. The first-order valence-corrected chi connectivity index (χ1v) is 7.46. The summed E-state index contributed by atoms with van der Waals surface area (Å²) in [7, 11) is 0. The number of fused-ring (bicyclic) bond motifs is 1. The number of hydrogen-bond acceptors (Lipinski definition) is 5. The highest BCUT2D eigenvalue weighted by molar-refractivity contribution is 6.20. The Balaban J connectivity index is 1.92. The summed E-state index contributed by atoms with van der Waals surface area (Å²) in [5, 5.41) is 22.2. The van der Waals surface area contributed by atoms with Crippen LogP contribution >= 0.6 is 0 Å². The van der Waals surface area contributed by atoms with Crippen LogP contribution in [-0.2, 0) is 9.59 Å². The van der Waals surface area contributed by atoms with Gasteiger partial charge >= 0.3 is 0 Å². The van der Waals surface area contributed by atoms with E-state index in [9.17, 15) is 19.8 Å². The summed E-state index contributed by atoms with van der Waals surface area (Å²) in [4.78, 5) is 24.5. The number of carbonyl (C=O) groups is 2. The summed E-state index contributed by atoms with van der Waals surface area (Å²) < 4.78 is 5.55. The molecule has 0 unspecified atom stereocenters. The molecule has 0 radical (unpaired) electrons. The highest BCUT2D eigenvalue weighted by Gasteiger charge is 2.37. The van der Waals surface area contributed by atoms with E-state index in [1.165, 1.54) is 0 Å². The highest BCUT2D eigenvalue weighted by Crippen LogP contribution is 2.49.